The Labute approximate surface area is 201 Å². The van der Waals surface area contributed by atoms with Crippen molar-refractivity contribution in [3.05, 3.63) is 59.7 Å². The first kappa shape index (κ1) is 25.3. The third-order valence-electron chi connectivity index (χ3n) is 7.39. The van der Waals surface area contributed by atoms with Crippen LogP contribution in [0.4, 0.5) is 4.79 Å². The summed E-state index contributed by atoms with van der Waals surface area (Å²) < 4.78 is 5.60. The molecule has 0 atom stereocenters. The number of likely N-dealkylation sites (N-methyl/N-ethyl adjacent to an activating group) is 1. The molecule has 34 heavy (non-hydrogen) atoms. The van der Waals surface area contributed by atoms with Gasteiger partial charge in [0.15, 0.2) is 0 Å². The molecule has 1 aliphatic rings. The van der Waals surface area contributed by atoms with Gasteiger partial charge in [-0.15, -0.1) is 0 Å². The zero-order valence-electron chi connectivity index (χ0n) is 20.6. The number of aliphatic carboxylic acids is 1. The summed E-state index contributed by atoms with van der Waals surface area (Å²) in [5.41, 5.74) is 2.26. The van der Waals surface area contributed by atoms with Gasteiger partial charge in [-0.05, 0) is 48.9 Å². The maximum Gasteiger partial charge on any atom is 0.407 e. The summed E-state index contributed by atoms with van der Waals surface area (Å²) in [6.07, 6.45) is 0.305. The molecule has 0 spiro atoms. The Kier molecular flexibility index (Phi) is 7.34. The van der Waals surface area contributed by atoms with Crippen LogP contribution in [-0.4, -0.2) is 53.7 Å². The number of amides is 2. The number of carboxylic acid groups (broad SMARTS) is 1. The van der Waals surface area contributed by atoms with Crippen LogP contribution in [0.3, 0.4) is 0 Å². The molecule has 3 rings (SSSR count). The number of ether oxygens (including phenoxy) is 1. The second kappa shape index (κ2) is 9.87. The molecule has 0 saturated heterocycles. The zero-order chi connectivity index (χ0) is 25.1. The summed E-state index contributed by atoms with van der Waals surface area (Å²) >= 11 is 0. The molecule has 2 aromatic rings. The molecule has 0 fully saturated rings. The van der Waals surface area contributed by atoms with Crippen molar-refractivity contribution in [2.75, 3.05) is 20.2 Å². The smallest absolute Gasteiger partial charge is 0.407 e. The third-order valence-corrected chi connectivity index (χ3v) is 7.39. The van der Waals surface area contributed by atoms with E-state index < -0.39 is 23.0 Å². The minimum atomic E-state index is -1.36. The van der Waals surface area contributed by atoms with Gasteiger partial charge in [0.1, 0.15) is 12.1 Å². The normalized spacial score (nSPS) is 13.1. The van der Waals surface area contributed by atoms with Gasteiger partial charge in [0.25, 0.3) is 0 Å². The summed E-state index contributed by atoms with van der Waals surface area (Å²) in [5.74, 6) is -1.46. The van der Waals surface area contributed by atoms with Crippen LogP contribution in [0.25, 0.3) is 11.1 Å². The number of nitrogens with zero attached hydrogens (tertiary/aromatic N) is 1. The van der Waals surface area contributed by atoms with E-state index >= 15 is 0 Å². The molecule has 182 valence electrons. The average Bonchev–Trinajstić information content (AvgIpc) is 3.16. The molecule has 7 heteroatoms. The summed E-state index contributed by atoms with van der Waals surface area (Å²) in [7, 11) is 1.49. The lowest BCUT2D eigenvalue weighted by atomic mass is 9.79. The minimum absolute atomic E-state index is 0.0515. The van der Waals surface area contributed by atoms with Gasteiger partial charge < -0.3 is 20.1 Å². The van der Waals surface area contributed by atoms with E-state index in [0.29, 0.717) is 12.8 Å². The molecule has 0 saturated carbocycles. The topological polar surface area (TPSA) is 95.9 Å². The number of hydrogen-bond donors (Lipinski definition) is 2. The van der Waals surface area contributed by atoms with Gasteiger partial charge in [0.2, 0.25) is 5.91 Å². The third kappa shape index (κ3) is 4.52. The van der Waals surface area contributed by atoms with Crippen LogP contribution in [-0.2, 0) is 14.3 Å². The molecule has 0 unspecified atom stereocenters. The van der Waals surface area contributed by atoms with Crippen LogP contribution < -0.4 is 5.32 Å². The maximum atomic E-state index is 13.3. The quantitative estimate of drug-likeness (QED) is 0.561. The first-order valence-electron chi connectivity index (χ1n) is 11.7. The molecular formula is C27H34N2O5. The fourth-order valence-corrected chi connectivity index (χ4v) is 4.52. The predicted molar refractivity (Wildman–Crippen MR) is 131 cm³/mol. The minimum Gasteiger partial charge on any atom is -0.480 e. The van der Waals surface area contributed by atoms with E-state index in [1.165, 1.54) is 25.8 Å². The number of hydrogen-bond acceptors (Lipinski definition) is 4. The highest BCUT2D eigenvalue weighted by atomic mass is 16.5. The van der Waals surface area contributed by atoms with Crippen LogP contribution in [0, 0.1) is 5.41 Å². The van der Waals surface area contributed by atoms with Gasteiger partial charge in [0, 0.05) is 19.5 Å². The summed E-state index contributed by atoms with van der Waals surface area (Å²) in [6.45, 7) is 6.95. The molecule has 7 nitrogen and oxygen atoms in total. The van der Waals surface area contributed by atoms with Crippen molar-refractivity contribution in [3.8, 4) is 11.1 Å². The van der Waals surface area contributed by atoms with Gasteiger partial charge in [-0.1, -0.05) is 62.4 Å². The van der Waals surface area contributed by atoms with E-state index in [1.807, 2.05) is 38.1 Å². The monoisotopic (exact) mass is 466 g/mol. The van der Waals surface area contributed by atoms with E-state index in [0.717, 1.165) is 22.3 Å². The lowest BCUT2D eigenvalue weighted by Gasteiger charge is -2.40. The first-order valence-corrected chi connectivity index (χ1v) is 11.7. The van der Waals surface area contributed by atoms with Gasteiger partial charge >= 0.3 is 12.1 Å². The Balaban J connectivity index is 1.68. The number of carbonyl (C=O) groups excluding carboxylic acids is 2. The van der Waals surface area contributed by atoms with E-state index in [2.05, 4.69) is 29.6 Å². The Morgan fingerprint density at radius 3 is 1.94 bits per heavy atom. The van der Waals surface area contributed by atoms with Crippen molar-refractivity contribution >= 4 is 18.0 Å². The van der Waals surface area contributed by atoms with Gasteiger partial charge in [-0.25, -0.2) is 9.59 Å². The lowest BCUT2D eigenvalue weighted by molar-refractivity contribution is -0.160. The Morgan fingerprint density at radius 1 is 0.971 bits per heavy atom. The molecule has 0 radical (unpaired) electrons. The van der Waals surface area contributed by atoms with Gasteiger partial charge in [-0.3, -0.25) is 4.79 Å². The first-order chi connectivity index (χ1) is 16.1. The number of alkyl carbamates (subject to hydrolysis) is 1. The number of carboxylic acids is 1. The highest BCUT2D eigenvalue weighted by Gasteiger charge is 2.44. The summed E-state index contributed by atoms with van der Waals surface area (Å²) in [6, 6.07) is 16.2. The highest BCUT2D eigenvalue weighted by molar-refractivity contribution is 5.90. The molecule has 0 heterocycles. The molecule has 0 aliphatic heterocycles. The van der Waals surface area contributed by atoms with E-state index in [-0.39, 0.29) is 25.0 Å². The Morgan fingerprint density at radius 2 is 1.47 bits per heavy atom. The van der Waals surface area contributed by atoms with Crippen molar-refractivity contribution in [1.29, 1.82) is 0 Å². The lowest BCUT2D eigenvalue weighted by Crippen LogP contribution is -2.57. The number of rotatable bonds is 9. The van der Waals surface area contributed by atoms with Crippen molar-refractivity contribution in [1.82, 2.24) is 10.2 Å². The molecule has 2 amide bonds. The van der Waals surface area contributed by atoms with Gasteiger partial charge in [-0.2, -0.15) is 0 Å². The van der Waals surface area contributed by atoms with Crippen molar-refractivity contribution in [2.24, 2.45) is 5.41 Å². The molecule has 0 bridgehead atoms. The number of fused-ring (bicyclic) bond motifs is 3. The SMILES string of the molecule is CCC(CC)(CNC(=O)OCC1c2ccccc2-c2ccccc21)C(=O)N(C)C(C)(C)C(=O)O. The highest BCUT2D eigenvalue weighted by Crippen LogP contribution is 2.44. The molecule has 2 N–H and O–H groups in total. The molecule has 0 aromatic heterocycles. The van der Waals surface area contributed by atoms with Gasteiger partial charge in [0.05, 0.1) is 5.41 Å². The van der Waals surface area contributed by atoms with Crippen LogP contribution in [0.1, 0.15) is 57.6 Å². The largest absolute Gasteiger partial charge is 0.480 e. The number of carbonyl (C=O) groups is 3. The van der Waals surface area contributed by atoms with E-state index in [9.17, 15) is 19.5 Å². The number of nitrogens with one attached hydrogen (secondary N) is 1. The molecule has 2 aromatic carbocycles. The van der Waals surface area contributed by atoms with E-state index in [1.54, 1.807) is 0 Å². The Bertz CT molecular complexity index is 1030. The van der Waals surface area contributed by atoms with Crippen molar-refractivity contribution < 1.29 is 24.2 Å². The summed E-state index contributed by atoms with van der Waals surface area (Å²) in [4.78, 5) is 38.8. The molecule has 1 aliphatic carbocycles. The average molecular weight is 467 g/mol. The second-order valence-electron chi connectivity index (χ2n) is 9.39. The second-order valence-corrected chi connectivity index (χ2v) is 9.39. The van der Waals surface area contributed by atoms with Crippen molar-refractivity contribution in [2.45, 2.75) is 52.0 Å². The predicted octanol–water partition coefficient (Wildman–Crippen LogP) is 4.65. The number of benzene rings is 2. The molecular weight excluding hydrogens is 432 g/mol. The Hall–Kier alpha value is -3.35. The fraction of sp³-hybridized carbons (Fsp3) is 0.444. The van der Waals surface area contributed by atoms with Crippen LogP contribution in [0.2, 0.25) is 0 Å². The summed E-state index contributed by atoms with van der Waals surface area (Å²) in [5, 5.41) is 12.3. The van der Waals surface area contributed by atoms with Crippen LogP contribution in [0.15, 0.2) is 48.5 Å². The van der Waals surface area contributed by atoms with Crippen LogP contribution >= 0.6 is 0 Å². The standard InChI is InChI=1S/C27H34N2O5/c1-6-27(7-2,23(30)29(5)26(3,4)24(31)32)17-28-25(33)34-16-22-20-14-10-8-12-18(20)19-13-9-11-15-21(19)22/h8-15,22H,6-7,16-17H2,1-5H3,(H,28,33)(H,31,32). The maximum absolute atomic E-state index is 13.3. The fourth-order valence-electron chi connectivity index (χ4n) is 4.52. The van der Waals surface area contributed by atoms with E-state index in [4.69, 9.17) is 4.74 Å². The zero-order valence-corrected chi connectivity index (χ0v) is 20.6. The van der Waals surface area contributed by atoms with Crippen molar-refractivity contribution in [3.63, 3.8) is 0 Å². The van der Waals surface area contributed by atoms with Crippen LogP contribution in [0.5, 0.6) is 0 Å².